The van der Waals surface area contributed by atoms with Gasteiger partial charge in [-0.1, -0.05) is 44.2 Å². The van der Waals surface area contributed by atoms with E-state index < -0.39 is 23.8 Å². The second-order valence-corrected chi connectivity index (χ2v) is 7.33. The highest BCUT2D eigenvalue weighted by Gasteiger charge is 2.29. The summed E-state index contributed by atoms with van der Waals surface area (Å²) in [7, 11) is 1.32. The number of aromatic nitrogens is 2. The van der Waals surface area contributed by atoms with Crippen molar-refractivity contribution in [2.24, 2.45) is 11.8 Å². The molecule has 0 spiro atoms. The van der Waals surface area contributed by atoms with Crippen LogP contribution < -0.4 is 5.32 Å². The van der Waals surface area contributed by atoms with E-state index in [9.17, 15) is 14.4 Å². The number of ketones is 1. The number of rotatable bonds is 10. The minimum atomic E-state index is -0.786. The van der Waals surface area contributed by atoms with Crippen LogP contribution in [0.2, 0.25) is 0 Å². The van der Waals surface area contributed by atoms with E-state index in [0.29, 0.717) is 12.8 Å². The topological polar surface area (TPSA) is 98.2 Å². The van der Waals surface area contributed by atoms with Crippen LogP contribution in [0.15, 0.2) is 48.9 Å². The molecular weight excluding hydrogens is 370 g/mol. The van der Waals surface area contributed by atoms with Gasteiger partial charge in [-0.3, -0.25) is 19.4 Å². The van der Waals surface area contributed by atoms with Gasteiger partial charge in [-0.05, 0) is 24.3 Å². The highest BCUT2D eigenvalue weighted by atomic mass is 16.5. The summed E-state index contributed by atoms with van der Waals surface area (Å²) in [6, 6.07) is 8.62. The number of nitrogens with one attached hydrogen (secondary N) is 1. The fourth-order valence-corrected chi connectivity index (χ4v) is 3.13. The molecule has 0 saturated carbocycles. The van der Waals surface area contributed by atoms with Crippen LogP contribution in [0.3, 0.4) is 0 Å². The van der Waals surface area contributed by atoms with Gasteiger partial charge in [0.25, 0.3) is 5.91 Å². The molecule has 29 heavy (non-hydrogen) atoms. The summed E-state index contributed by atoms with van der Waals surface area (Å²) in [6.07, 6.45) is 5.09. The van der Waals surface area contributed by atoms with Crippen molar-refractivity contribution in [3.63, 3.8) is 0 Å². The minimum absolute atomic E-state index is 0.00308. The number of carbonyl (C=O) groups excluding carboxylic acids is 3. The molecular formula is C22H27N3O4. The molecule has 2 atom stereocenters. The summed E-state index contributed by atoms with van der Waals surface area (Å²) < 4.78 is 4.87. The van der Waals surface area contributed by atoms with Gasteiger partial charge < -0.3 is 10.1 Å². The van der Waals surface area contributed by atoms with Gasteiger partial charge in [0.15, 0.2) is 5.78 Å². The summed E-state index contributed by atoms with van der Waals surface area (Å²) in [5, 5.41) is 2.75. The Kier molecular flexibility index (Phi) is 8.45. The molecule has 2 rings (SSSR count). The summed E-state index contributed by atoms with van der Waals surface area (Å²) in [5.41, 5.74) is 1.04. The summed E-state index contributed by atoms with van der Waals surface area (Å²) in [4.78, 5) is 45.6. The standard InChI is InChI=1S/C22H27N3O4/c1-15(2)11-17(22(28)29-3)13-20(26)18(12-16-7-5-4-6-8-16)25-21(27)19-14-23-9-10-24-19/h4-10,14-15,17-18H,11-13H2,1-3H3,(H,25,27)/t17-,18+/m1/s1. The van der Waals surface area contributed by atoms with E-state index in [4.69, 9.17) is 4.74 Å². The Balaban J connectivity index is 2.19. The number of esters is 1. The monoisotopic (exact) mass is 397 g/mol. The quantitative estimate of drug-likeness (QED) is 0.619. The maximum absolute atomic E-state index is 13.1. The molecule has 0 aliphatic carbocycles. The number of Topliss-reactive ketones (excluding diaryl/α,β-unsaturated/α-hetero) is 1. The fraction of sp³-hybridized carbons (Fsp3) is 0.409. The molecule has 1 amide bonds. The molecule has 7 nitrogen and oxygen atoms in total. The van der Waals surface area contributed by atoms with Crippen LogP contribution in [-0.4, -0.2) is 40.8 Å². The van der Waals surface area contributed by atoms with E-state index in [1.165, 1.54) is 25.7 Å². The molecule has 1 heterocycles. The smallest absolute Gasteiger partial charge is 0.309 e. The van der Waals surface area contributed by atoms with Crippen molar-refractivity contribution >= 4 is 17.7 Å². The Morgan fingerprint density at radius 3 is 2.41 bits per heavy atom. The van der Waals surface area contributed by atoms with Crippen molar-refractivity contribution in [2.75, 3.05) is 7.11 Å². The van der Waals surface area contributed by atoms with Crippen molar-refractivity contribution in [1.82, 2.24) is 15.3 Å². The summed E-state index contributed by atoms with van der Waals surface area (Å²) in [5.74, 6) is -1.42. The van der Waals surface area contributed by atoms with Gasteiger partial charge in [0.2, 0.25) is 0 Å². The van der Waals surface area contributed by atoms with Crippen LogP contribution in [0.5, 0.6) is 0 Å². The number of hydrogen-bond acceptors (Lipinski definition) is 6. The lowest BCUT2D eigenvalue weighted by Gasteiger charge is -2.21. The molecule has 0 aliphatic heterocycles. The zero-order valence-electron chi connectivity index (χ0n) is 17.0. The molecule has 1 aromatic carbocycles. The Morgan fingerprint density at radius 1 is 1.10 bits per heavy atom. The summed E-state index contributed by atoms with van der Waals surface area (Å²) >= 11 is 0. The third-order valence-corrected chi connectivity index (χ3v) is 4.51. The fourth-order valence-electron chi connectivity index (χ4n) is 3.13. The third-order valence-electron chi connectivity index (χ3n) is 4.51. The largest absolute Gasteiger partial charge is 0.469 e. The van der Waals surface area contributed by atoms with Gasteiger partial charge in [0, 0.05) is 18.8 Å². The first-order valence-corrected chi connectivity index (χ1v) is 9.62. The number of hydrogen-bond donors (Lipinski definition) is 1. The zero-order valence-corrected chi connectivity index (χ0v) is 17.0. The molecule has 7 heteroatoms. The predicted octanol–water partition coefficient (Wildman–Crippen LogP) is 2.61. The molecule has 0 saturated heterocycles. The number of ether oxygens (including phenoxy) is 1. The van der Waals surface area contributed by atoms with E-state index in [-0.39, 0.29) is 23.8 Å². The molecule has 0 unspecified atom stereocenters. The first kappa shape index (κ1) is 22.2. The Bertz CT molecular complexity index is 809. The average molecular weight is 397 g/mol. The number of carbonyl (C=O) groups is 3. The van der Waals surface area contributed by atoms with Gasteiger partial charge >= 0.3 is 5.97 Å². The van der Waals surface area contributed by atoms with E-state index in [1.807, 2.05) is 44.2 Å². The lowest BCUT2D eigenvalue weighted by Crippen LogP contribution is -2.44. The Labute approximate surface area is 170 Å². The predicted molar refractivity (Wildman–Crippen MR) is 108 cm³/mol. The van der Waals surface area contributed by atoms with Gasteiger partial charge in [0.05, 0.1) is 25.3 Å². The lowest BCUT2D eigenvalue weighted by atomic mass is 9.89. The van der Waals surface area contributed by atoms with Crippen LogP contribution in [0.1, 0.15) is 42.7 Å². The molecule has 1 N–H and O–H groups in total. The molecule has 0 radical (unpaired) electrons. The molecule has 154 valence electrons. The minimum Gasteiger partial charge on any atom is -0.469 e. The van der Waals surface area contributed by atoms with Gasteiger partial charge in [-0.25, -0.2) is 4.98 Å². The first-order chi connectivity index (χ1) is 13.9. The van der Waals surface area contributed by atoms with E-state index in [0.717, 1.165) is 5.56 Å². The second-order valence-electron chi connectivity index (χ2n) is 7.33. The van der Waals surface area contributed by atoms with Gasteiger partial charge in [0.1, 0.15) is 5.69 Å². The number of methoxy groups -OCH3 is 1. The first-order valence-electron chi connectivity index (χ1n) is 9.62. The number of benzene rings is 1. The second kappa shape index (κ2) is 11.0. The lowest BCUT2D eigenvalue weighted by molar-refractivity contribution is -0.148. The highest BCUT2D eigenvalue weighted by Crippen LogP contribution is 2.19. The van der Waals surface area contributed by atoms with E-state index >= 15 is 0 Å². The van der Waals surface area contributed by atoms with Crippen molar-refractivity contribution in [1.29, 1.82) is 0 Å². The summed E-state index contributed by atoms with van der Waals surface area (Å²) in [6.45, 7) is 3.97. The van der Waals surface area contributed by atoms with Crippen LogP contribution in [0.4, 0.5) is 0 Å². The molecule has 2 aromatic rings. The number of amides is 1. The van der Waals surface area contributed by atoms with E-state index in [1.54, 1.807) is 0 Å². The van der Waals surface area contributed by atoms with Crippen LogP contribution in [0.25, 0.3) is 0 Å². The van der Waals surface area contributed by atoms with Crippen LogP contribution in [0, 0.1) is 11.8 Å². The Hall–Kier alpha value is -3.09. The molecule has 0 bridgehead atoms. The van der Waals surface area contributed by atoms with Crippen LogP contribution in [-0.2, 0) is 20.7 Å². The maximum Gasteiger partial charge on any atom is 0.309 e. The Morgan fingerprint density at radius 2 is 1.83 bits per heavy atom. The van der Waals surface area contributed by atoms with Crippen molar-refractivity contribution in [3.8, 4) is 0 Å². The van der Waals surface area contributed by atoms with Crippen molar-refractivity contribution in [3.05, 3.63) is 60.2 Å². The van der Waals surface area contributed by atoms with Crippen LogP contribution >= 0.6 is 0 Å². The number of nitrogens with zero attached hydrogens (tertiary/aromatic N) is 2. The van der Waals surface area contributed by atoms with Crippen molar-refractivity contribution in [2.45, 2.75) is 39.2 Å². The third kappa shape index (κ3) is 7.10. The highest BCUT2D eigenvalue weighted by molar-refractivity contribution is 5.97. The maximum atomic E-state index is 13.1. The average Bonchev–Trinajstić information content (AvgIpc) is 2.73. The molecule has 0 fully saturated rings. The molecule has 0 aliphatic rings. The van der Waals surface area contributed by atoms with Gasteiger partial charge in [-0.15, -0.1) is 0 Å². The van der Waals surface area contributed by atoms with Gasteiger partial charge in [-0.2, -0.15) is 0 Å². The SMILES string of the molecule is COC(=O)[C@@H](CC(=O)[C@H](Cc1ccccc1)NC(=O)c1cnccn1)CC(C)C. The normalized spacial score (nSPS) is 12.8. The molecule has 1 aromatic heterocycles. The zero-order chi connectivity index (χ0) is 21.2. The van der Waals surface area contributed by atoms with E-state index in [2.05, 4.69) is 15.3 Å². The van der Waals surface area contributed by atoms with Crippen molar-refractivity contribution < 1.29 is 19.1 Å².